The largest absolute Gasteiger partial charge is 0.497 e. The molecule has 0 unspecified atom stereocenters. The second-order valence-corrected chi connectivity index (χ2v) is 7.37. The summed E-state index contributed by atoms with van der Waals surface area (Å²) in [7, 11) is 1.59. The number of carbonyl (C=O) groups excluding carboxylic acids is 1. The Morgan fingerprint density at radius 3 is 2.72 bits per heavy atom. The normalized spacial score (nSPS) is 10.9. The van der Waals surface area contributed by atoms with Gasteiger partial charge in [0.25, 0.3) is 0 Å². The van der Waals surface area contributed by atoms with Gasteiger partial charge in [-0.1, -0.05) is 6.07 Å². The van der Waals surface area contributed by atoms with Crippen LogP contribution in [-0.4, -0.2) is 32.2 Å². The van der Waals surface area contributed by atoms with E-state index in [4.69, 9.17) is 4.74 Å². The molecule has 8 nitrogen and oxygen atoms in total. The highest BCUT2D eigenvalue weighted by Crippen LogP contribution is 2.14. The van der Waals surface area contributed by atoms with Crippen molar-refractivity contribution in [2.45, 2.75) is 19.4 Å². The third kappa shape index (κ3) is 4.04. The molecule has 1 aromatic carbocycles. The first-order valence-corrected chi connectivity index (χ1v) is 9.92. The Bertz CT molecular complexity index is 1180. The van der Waals surface area contributed by atoms with Gasteiger partial charge >= 0.3 is 5.56 Å². The number of carbonyl (C=O) groups is 1. The lowest BCUT2D eigenvalue weighted by Crippen LogP contribution is -2.23. The van der Waals surface area contributed by atoms with E-state index in [0.717, 1.165) is 4.88 Å². The molecule has 4 rings (SSSR count). The fourth-order valence-corrected chi connectivity index (χ4v) is 3.61. The number of aryl methyl sites for hydroxylation is 1. The quantitative estimate of drug-likeness (QED) is 0.505. The molecule has 0 bridgehead atoms. The van der Waals surface area contributed by atoms with Crippen molar-refractivity contribution in [1.29, 1.82) is 0 Å². The van der Waals surface area contributed by atoms with Crippen molar-refractivity contribution in [2.75, 3.05) is 7.11 Å². The highest BCUT2D eigenvalue weighted by molar-refractivity contribution is 7.09. The maximum atomic E-state index is 12.8. The smallest absolute Gasteiger partial charge is 0.300 e. The van der Waals surface area contributed by atoms with Gasteiger partial charge in [-0.2, -0.15) is 0 Å². The van der Waals surface area contributed by atoms with Gasteiger partial charge in [-0.05, 0) is 35.7 Å². The van der Waals surface area contributed by atoms with Crippen molar-refractivity contribution in [1.82, 2.24) is 24.5 Å². The fraction of sp³-hybridized carbons (Fsp3) is 0.200. The van der Waals surface area contributed by atoms with E-state index in [9.17, 15) is 9.59 Å². The minimum atomic E-state index is -0.279. The Morgan fingerprint density at radius 2 is 2.00 bits per heavy atom. The molecule has 0 saturated heterocycles. The molecule has 0 saturated carbocycles. The summed E-state index contributed by atoms with van der Waals surface area (Å²) in [5.41, 5.74) is 0.645. The topological polar surface area (TPSA) is 90.5 Å². The summed E-state index contributed by atoms with van der Waals surface area (Å²) in [6.07, 6.45) is 4.07. The maximum Gasteiger partial charge on any atom is 0.300 e. The van der Waals surface area contributed by atoms with Gasteiger partial charge in [-0.15, -0.1) is 21.5 Å². The molecule has 29 heavy (non-hydrogen) atoms. The number of ether oxygens (including phenoxy) is 1. The third-order valence-electron chi connectivity index (χ3n) is 4.51. The summed E-state index contributed by atoms with van der Waals surface area (Å²) in [6, 6.07) is 11.1. The number of rotatable bonds is 7. The Hall–Kier alpha value is -3.46. The molecular formula is C20H19N5O3S. The molecule has 4 aromatic rings. The minimum absolute atomic E-state index is 0.0678. The highest BCUT2D eigenvalue weighted by atomic mass is 32.1. The number of fused-ring (bicyclic) bond motifs is 1. The molecule has 0 atom stereocenters. The number of hydrogen-bond donors (Lipinski definition) is 1. The number of thiophene rings is 1. The van der Waals surface area contributed by atoms with E-state index in [2.05, 4.69) is 15.5 Å². The summed E-state index contributed by atoms with van der Waals surface area (Å²) in [6.45, 7) is 0.518. The molecule has 0 radical (unpaired) electrons. The Balaban J connectivity index is 1.48. The summed E-state index contributed by atoms with van der Waals surface area (Å²) < 4.78 is 8.28. The first kappa shape index (κ1) is 18.9. The van der Waals surface area contributed by atoms with Crippen LogP contribution in [0, 0.1) is 0 Å². The van der Waals surface area contributed by atoms with Gasteiger partial charge in [-0.25, -0.2) is 0 Å². The molecule has 3 aromatic heterocycles. The van der Waals surface area contributed by atoms with Gasteiger partial charge in [0.1, 0.15) is 11.6 Å². The number of aromatic nitrogens is 4. The number of benzene rings is 1. The molecular weight excluding hydrogens is 390 g/mol. The van der Waals surface area contributed by atoms with Crippen molar-refractivity contribution >= 4 is 22.9 Å². The Morgan fingerprint density at radius 1 is 1.17 bits per heavy atom. The lowest BCUT2D eigenvalue weighted by atomic mass is 10.2. The lowest BCUT2D eigenvalue weighted by Gasteiger charge is -2.07. The SMILES string of the molecule is COc1ccc(-n2ccn3c(CCC(=O)NCc4cccs4)nnc3c2=O)cc1. The summed E-state index contributed by atoms with van der Waals surface area (Å²) in [5.74, 6) is 1.22. The fourth-order valence-electron chi connectivity index (χ4n) is 2.96. The molecule has 0 spiro atoms. The van der Waals surface area contributed by atoms with Crippen LogP contribution >= 0.6 is 11.3 Å². The van der Waals surface area contributed by atoms with Gasteiger partial charge in [-0.3, -0.25) is 18.6 Å². The lowest BCUT2D eigenvalue weighted by molar-refractivity contribution is -0.121. The van der Waals surface area contributed by atoms with Crippen LogP contribution in [0.2, 0.25) is 0 Å². The van der Waals surface area contributed by atoms with Crippen molar-refractivity contribution in [2.24, 2.45) is 0 Å². The summed E-state index contributed by atoms with van der Waals surface area (Å²) in [5, 5.41) is 13.0. The first-order chi connectivity index (χ1) is 14.2. The number of nitrogens with zero attached hydrogens (tertiary/aromatic N) is 4. The third-order valence-corrected chi connectivity index (χ3v) is 5.38. The van der Waals surface area contributed by atoms with E-state index in [1.807, 2.05) is 17.5 Å². The van der Waals surface area contributed by atoms with Crippen molar-refractivity contribution < 1.29 is 9.53 Å². The molecule has 3 heterocycles. The number of methoxy groups -OCH3 is 1. The van der Waals surface area contributed by atoms with Crippen LogP contribution in [0.15, 0.2) is 59.0 Å². The van der Waals surface area contributed by atoms with Crippen LogP contribution in [0.5, 0.6) is 5.75 Å². The minimum Gasteiger partial charge on any atom is -0.497 e. The average molecular weight is 409 g/mol. The second-order valence-electron chi connectivity index (χ2n) is 6.34. The van der Waals surface area contributed by atoms with Crippen LogP contribution in [-0.2, 0) is 17.8 Å². The Labute approximate surface area is 170 Å². The molecule has 0 aliphatic rings. The zero-order valence-electron chi connectivity index (χ0n) is 15.7. The predicted octanol–water partition coefficient (Wildman–Crippen LogP) is 2.20. The van der Waals surface area contributed by atoms with Gasteiger partial charge in [0, 0.05) is 35.8 Å². The average Bonchev–Trinajstić information content (AvgIpc) is 3.41. The molecule has 0 aliphatic heterocycles. The van der Waals surface area contributed by atoms with Crippen LogP contribution in [0.4, 0.5) is 0 Å². The standard InChI is InChI=1S/C20H19N5O3S/c1-28-15-6-4-14(5-7-15)24-10-11-25-17(22-23-19(25)20(24)27)8-9-18(26)21-13-16-3-2-12-29-16/h2-7,10-12H,8-9,13H2,1H3,(H,21,26). The zero-order valence-corrected chi connectivity index (χ0v) is 16.6. The van der Waals surface area contributed by atoms with Crippen molar-refractivity contribution in [3.05, 3.63) is 75.2 Å². The van der Waals surface area contributed by atoms with Crippen LogP contribution in [0.1, 0.15) is 17.1 Å². The van der Waals surface area contributed by atoms with E-state index in [-0.39, 0.29) is 23.5 Å². The molecule has 148 valence electrons. The van der Waals surface area contributed by atoms with Gasteiger partial charge in [0.2, 0.25) is 11.6 Å². The van der Waals surface area contributed by atoms with Crippen LogP contribution in [0.25, 0.3) is 11.3 Å². The second kappa shape index (κ2) is 8.27. The predicted molar refractivity (Wildman–Crippen MR) is 110 cm³/mol. The van der Waals surface area contributed by atoms with Gasteiger partial charge in [0.15, 0.2) is 0 Å². The number of amides is 1. The van der Waals surface area contributed by atoms with E-state index < -0.39 is 0 Å². The van der Waals surface area contributed by atoms with Crippen LogP contribution in [0.3, 0.4) is 0 Å². The van der Waals surface area contributed by atoms with Gasteiger partial charge < -0.3 is 10.1 Å². The van der Waals surface area contributed by atoms with E-state index in [1.165, 1.54) is 4.57 Å². The number of nitrogens with one attached hydrogen (secondary N) is 1. The zero-order chi connectivity index (χ0) is 20.2. The van der Waals surface area contributed by atoms with Gasteiger partial charge in [0.05, 0.1) is 13.7 Å². The van der Waals surface area contributed by atoms with E-state index in [1.54, 1.807) is 59.5 Å². The molecule has 1 amide bonds. The molecule has 0 aliphatic carbocycles. The summed E-state index contributed by atoms with van der Waals surface area (Å²) in [4.78, 5) is 26.0. The van der Waals surface area contributed by atoms with Crippen LogP contribution < -0.4 is 15.6 Å². The first-order valence-electron chi connectivity index (χ1n) is 9.04. The van der Waals surface area contributed by atoms with Crippen molar-refractivity contribution in [3.8, 4) is 11.4 Å². The monoisotopic (exact) mass is 409 g/mol. The van der Waals surface area contributed by atoms with Crippen molar-refractivity contribution in [3.63, 3.8) is 0 Å². The molecule has 0 fully saturated rings. The van der Waals surface area contributed by atoms with E-state index >= 15 is 0 Å². The maximum absolute atomic E-state index is 12.8. The van der Waals surface area contributed by atoms with E-state index in [0.29, 0.717) is 30.2 Å². The Kier molecular flexibility index (Phi) is 5.39. The molecule has 1 N–H and O–H groups in total. The highest BCUT2D eigenvalue weighted by Gasteiger charge is 2.13. The number of hydrogen-bond acceptors (Lipinski definition) is 6. The summed E-state index contributed by atoms with van der Waals surface area (Å²) >= 11 is 1.60. The molecule has 9 heteroatoms.